The van der Waals surface area contributed by atoms with E-state index in [9.17, 15) is 13.2 Å². The molecule has 24 heavy (non-hydrogen) atoms. The summed E-state index contributed by atoms with van der Waals surface area (Å²) in [6, 6.07) is 7.66. The lowest BCUT2D eigenvalue weighted by atomic mass is 10.0. The Labute approximate surface area is 143 Å². The van der Waals surface area contributed by atoms with E-state index < -0.39 is 9.84 Å². The summed E-state index contributed by atoms with van der Waals surface area (Å²) in [5.74, 6) is 1.64. The average molecular weight is 351 g/mol. The van der Waals surface area contributed by atoms with Crippen molar-refractivity contribution in [2.75, 3.05) is 23.5 Å². The summed E-state index contributed by atoms with van der Waals surface area (Å²) in [7, 11) is -1.34. The van der Waals surface area contributed by atoms with Gasteiger partial charge in [-0.3, -0.25) is 4.79 Å². The van der Waals surface area contributed by atoms with Crippen LogP contribution in [-0.2, 0) is 14.6 Å². The molecule has 1 saturated heterocycles. The summed E-state index contributed by atoms with van der Waals surface area (Å²) < 4.78 is 28.5. The van der Waals surface area contributed by atoms with Crippen LogP contribution in [0.15, 0.2) is 24.3 Å². The highest BCUT2D eigenvalue weighted by Crippen LogP contribution is 2.38. The molecule has 2 aliphatic rings. The second-order valence-corrected chi connectivity index (χ2v) is 9.24. The molecule has 2 atom stereocenters. The van der Waals surface area contributed by atoms with E-state index in [1.807, 2.05) is 29.2 Å². The molecule has 3 rings (SSSR count). The minimum Gasteiger partial charge on any atom is -0.497 e. The molecule has 6 heteroatoms. The van der Waals surface area contributed by atoms with Gasteiger partial charge in [-0.2, -0.15) is 0 Å². The van der Waals surface area contributed by atoms with Gasteiger partial charge in [0.15, 0.2) is 9.84 Å². The Balaban J connectivity index is 1.77. The smallest absolute Gasteiger partial charge is 0.227 e. The number of hydrogen-bond donors (Lipinski definition) is 0. The first-order valence-electron chi connectivity index (χ1n) is 8.56. The topological polar surface area (TPSA) is 63.7 Å². The molecule has 2 unspecified atom stereocenters. The Bertz CT molecular complexity index is 694. The molecule has 0 bridgehead atoms. The first kappa shape index (κ1) is 17.3. The molecule has 132 valence electrons. The maximum atomic E-state index is 12.9. The van der Waals surface area contributed by atoms with E-state index in [-0.39, 0.29) is 29.4 Å². The maximum absolute atomic E-state index is 12.9. The molecule has 0 radical (unpaired) electrons. The molecule has 0 aromatic heterocycles. The van der Waals surface area contributed by atoms with Gasteiger partial charge in [0.1, 0.15) is 5.75 Å². The van der Waals surface area contributed by atoms with E-state index in [2.05, 4.69) is 6.92 Å². The molecular weight excluding hydrogens is 326 g/mol. The van der Waals surface area contributed by atoms with Crippen molar-refractivity contribution in [3.05, 3.63) is 24.3 Å². The van der Waals surface area contributed by atoms with Crippen LogP contribution in [0.5, 0.6) is 5.75 Å². The van der Waals surface area contributed by atoms with Gasteiger partial charge in [0.05, 0.1) is 18.6 Å². The molecule has 0 N–H and O–H groups in total. The van der Waals surface area contributed by atoms with Crippen LogP contribution >= 0.6 is 0 Å². The largest absolute Gasteiger partial charge is 0.497 e. The minimum absolute atomic E-state index is 0.0293. The summed E-state index contributed by atoms with van der Waals surface area (Å²) >= 11 is 0. The van der Waals surface area contributed by atoms with Crippen LogP contribution in [0, 0.1) is 11.8 Å². The first-order chi connectivity index (χ1) is 11.4. The third kappa shape index (κ3) is 3.91. The number of amides is 1. The fourth-order valence-electron chi connectivity index (χ4n) is 3.52. The average Bonchev–Trinajstić information content (AvgIpc) is 3.33. The Morgan fingerprint density at radius 1 is 1.25 bits per heavy atom. The van der Waals surface area contributed by atoms with E-state index in [1.165, 1.54) is 0 Å². The quantitative estimate of drug-likeness (QED) is 0.790. The van der Waals surface area contributed by atoms with E-state index in [1.54, 1.807) is 7.11 Å². The SMILES string of the molecule is COc1ccc(N(C(=O)CC2CCS(=O)(=O)C2)C(C)C2CC2)cc1. The predicted octanol–water partition coefficient (Wildman–Crippen LogP) is 2.65. The van der Waals surface area contributed by atoms with Crippen molar-refractivity contribution < 1.29 is 17.9 Å². The summed E-state index contributed by atoms with van der Waals surface area (Å²) in [5.41, 5.74) is 0.862. The molecule has 1 saturated carbocycles. The van der Waals surface area contributed by atoms with Gasteiger partial charge in [-0.15, -0.1) is 0 Å². The lowest BCUT2D eigenvalue weighted by Gasteiger charge is -2.30. The van der Waals surface area contributed by atoms with Gasteiger partial charge in [0.2, 0.25) is 5.91 Å². The maximum Gasteiger partial charge on any atom is 0.227 e. The van der Waals surface area contributed by atoms with Crippen LogP contribution in [0.1, 0.15) is 32.6 Å². The highest BCUT2D eigenvalue weighted by atomic mass is 32.2. The number of rotatable bonds is 6. The van der Waals surface area contributed by atoms with Crippen LogP contribution in [0.25, 0.3) is 0 Å². The number of ether oxygens (including phenoxy) is 1. The predicted molar refractivity (Wildman–Crippen MR) is 94.0 cm³/mol. The lowest BCUT2D eigenvalue weighted by molar-refractivity contribution is -0.119. The second kappa shape index (κ2) is 6.75. The van der Waals surface area contributed by atoms with Crippen molar-refractivity contribution in [3.8, 4) is 5.75 Å². The first-order valence-corrected chi connectivity index (χ1v) is 10.4. The Kier molecular flexibility index (Phi) is 4.85. The minimum atomic E-state index is -2.95. The number of methoxy groups -OCH3 is 1. The van der Waals surface area contributed by atoms with Crippen molar-refractivity contribution in [2.45, 2.75) is 38.6 Å². The Hall–Kier alpha value is -1.56. The number of anilines is 1. The number of carbonyl (C=O) groups is 1. The zero-order chi connectivity index (χ0) is 17.3. The second-order valence-electron chi connectivity index (χ2n) is 7.01. The molecule has 1 heterocycles. The van der Waals surface area contributed by atoms with E-state index in [0.29, 0.717) is 18.8 Å². The Morgan fingerprint density at radius 2 is 1.92 bits per heavy atom. The highest BCUT2D eigenvalue weighted by Gasteiger charge is 2.37. The zero-order valence-corrected chi connectivity index (χ0v) is 15.1. The van der Waals surface area contributed by atoms with Gasteiger partial charge < -0.3 is 9.64 Å². The normalized spacial score (nSPS) is 23.7. The van der Waals surface area contributed by atoms with Crippen LogP contribution in [-0.4, -0.2) is 39.0 Å². The lowest BCUT2D eigenvalue weighted by Crippen LogP contribution is -2.41. The van der Waals surface area contributed by atoms with Crippen LogP contribution in [0.4, 0.5) is 5.69 Å². The third-order valence-corrected chi connectivity index (χ3v) is 6.96. The van der Waals surface area contributed by atoms with E-state index in [0.717, 1.165) is 24.3 Å². The van der Waals surface area contributed by atoms with Crippen molar-refractivity contribution >= 4 is 21.4 Å². The third-order valence-electron chi connectivity index (χ3n) is 5.12. The number of benzene rings is 1. The summed E-state index contributed by atoms with van der Waals surface area (Å²) in [4.78, 5) is 14.8. The molecule has 1 aliphatic heterocycles. The Morgan fingerprint density at radius 3 is 2.42 bits per heavy atom. The van der Waals surface area contributed by atoms with E-state index >= 15 is 0 Å². The van der Waals surface area contributed by atoms with Gasteiger partial charge in [0, 0.05) is 18.2 Å². The molecule has 1 amide bonds. The van der Waals surface area contributed by atoms with Crippen LogP contribution in [0.3, 0.4) is 0 Å². The van der Waals surface area contributed by atoms with Gasteiger partial charge in [0.25, 0.3) is 0 Å². The van der Waals surface area contributed by atoms with Crippen LogP contribution < -0.4 is 9.64 Å². The molecular formula is C18H25NO4S. The number of nitrogens with zero attached hydrogens (tertiary/aromatic N) is 1. The zero-order valence-electron chi connectivity index (χ0n) is 14.3. The van der Waals surface area contributed by atoms with Crippen LogP contribution in [0.2, 0.25) is 0 Å². The summed E-state index contributed by atoms with van der Waals surface area (Å²) in [6.07, 6.45) is 3.21. The van der Waals surface area contributed by atoms with Crippen molar-refractivity contribution in [3.63, 3.8) is 0 Å². The summed E-state index contributed by atoms with van der Waals surface area (Å²) in [6.45, 7) is 2.09. The van der Waals surface area contributed by atoms with Crippen molar-refractivity contribution in [2.24, 2.45) is 11.8 Å². The number of carbonyl (C=O) groups excluding carboxylic acids is 1. The fraction of sp³-hybridized carbons (Fsp3) is 0.611. The molecule has 1 aromatic carbocycles. The molecule has 2 fully saturated rings. The van der Waals surface area contributed by atoms with Gasteiger partial charge in [-0.1, -0.05) is 0 Å². The van der Waals surface area contributed by atoms with Gasteiger partial charge in [-0.05, 0) is 62.3 Å². The van der Waals surface area contributed by atoms with Crippen molar-refractivity contribution in [1.29, 1.82) is 0 Å². The monoisotopic (exact) mass is 351 g/mol. The molecule has 1 aliphatic carbocycles. The highest BCUT2D eigenvalue weighted by molar-refractivity contribution is 7.91. The van der Waals surface area contributed by atoms with Gasteiger partial charge in [-0.25, -0.2) is 8.42 Å². The number of sulfone groups is 1. The van der Waals surface area contributed by atoms with E-state index in [4.69, 9.17) is 4.74 Å². The molecule has 5 nitrogen and oxygen atoms in total. The molecule has 0 spiro atoms. The van der Waals surface area contributed by atoms with Gasteiger partial charge >= 0.3 is 0 Å². The molecule has 1 aromatic rings. The van der Waals surface area contributed by atoms with Crippen molar-refractivity contribution in [1.82, 2.24) is 0 Å². The standard InChI is InChI=1S/C18H25NO4S/c1-13(15-3-4-15)19(16-5-7-17(23-2)8-6-16)18(20)11-14-9-10-24(21,22)12-14/h5-8,13-15H,3-4,9-12H2,1-2H3. The fourth-order valence-corrected chi connectivity index (χ4v) is 5.38. The number of hydrogen-bond acceptors (Lipinski definition) is 4. The summed E-state index contributed by atoms with van der Waals surface area (Å²) in [5, 5.41) is 0.